The van der Waals surface area contributed by atoms with Gasteiger partial charge in [0.2, 0.25) is 21.1 Å². The number of halogens is 3. The summed E-state index contributed by atoms with van der Waals surface area (Å²) in [6.07, 6.45) is -3.85. The van der Waals surface area contributed by atoms with Gasteiger partial charge in [0.1, 0.15) is 11.0 Å². The summed E-state index contributed by atoms with van der Waals surface area (Å²) < 4.78 is 64.6. The Morgan fingerprint density at radius 3 is 2.38 bits per heavy atom. The monoisotopic (exact) mass is 484 g/mol. The molecule has 0 unspecified atom stereocenters. The van der Waals surface area contributed by atoms with Gasteiger partial charge >= 0.3 is 6.18 Å². The molecule has 1 heterocycles. The Morgan fingerprint density at radius 2 is 1.78 bits per heavy atom. The molecule has 7 nitrogen and oxygen atoms in total. The number of hydrogen-bond acceptors (Lipinski definition) is 6. The van der Waals surface area contributed by atoms with Crippen LogP contribution in [0.25, 0.3) is 10.6 Å². The molecule has 0 spiro atoms. The Labute approximate surface area is 187 Å². The molecule has 0 aliphatic rings. The van der Waals surface area contributed by atoms with E-state index in [0.717, 1.165) is 40.9 Å². The Hall–Kier alpha value is -2.99. The third-order valence-electron chi connectivity index (χ3n) is 4.47. The number of hydrogen-bond donors (Lipinski definition) is 1. The molecule has 0 aliphatic heterocycles. The van der Waals surface area contributed by atoms with Crippen molar-refractivity contribution in [2.45, 2.75) is 26.1 Å². The second-order valence-electron chi connectivity index (χ2n) is 7.05. The van der Waals surface area contributed by atoms with E-state index >= 15 is 0 Å². The van der Waals surface area contributed by atoms with Gasteiger partial charge in [0.05, 0.1) is 17.5 Å². The minimum absolute atomic E-state index is 0.134. The molecule has 0 radical (unpaired) electrons. The van der Waals surface area contributed by atoms with Crippen molar-refractivity contribution >= 4 is 38.1 Å². The standard InChI is InChI=1S/C20H19F3N4O3S2/c1-12-7-9-14(10-8-12)18-25-26-19(31-18)24-17(28)13(2)27(32(3,29)30)16-6-4-5-15(11-16)20(21,22)23/h4-11,13H,1-3H3,(H,24,26,28)/t13-/m1/s1. The van der Waals surface area contributed by atoms with Gasteiger partial charge in [0.15, 0.2) is 0 Å². The van der Waals surface area contributed by atoms with Gasteiger partial charge in [0, 0.05) is 5.56 Å². The molecule has 0 saturated carbocycles. The lowest BCUT2D eigenvalue weighted by Crippen LogP contribution is -2.45. The Kier molecular flexibility index (Phi) is 6.56. The predicted molar refractivity (Wildman–Crippen MR) is 117 cm³/mol. The maximum atomic E-state index is 13.1. The van der Waals surface area contributed by atoms with Gasteiger partial charge in [-0.15, -0.1) is 10.2 Å². The summed E-state index contributed by atoms with van der Waals surface area (Å²) in [6, 6.07) is 9.94. The van der Waals surface area contributed by atoms with Crippen LogP contribution in [-0.2, 0) is 21.0 Å². The number of amides is 1. The number of rotatable bonds is 6. The molecule has 1 atom stereocenters. The number of carbonyl (C=O) groups is 1. The normalized spacial score (nSPS) is 12.9. The van der Waals surface area contributed by atoms with Crippen molar-refractivity contribution in [3.8, 4) is 10.6 Å². The number of aromatic nitrogens is 2. The van der Waals surface area contributed by atoms with Crippen molar-refractivity contribution in [2.24, 2.45) is 0 Å². The van der Waals surface area contributed by atoms with Crippen LogP contribution < -0.4 is 9.62 Å². The van der Waals surface area contributed by atoms with E-state index < -0.39 is 33.7 Å². The molecule has 0 aliphatic carbocycles. The van der Waals surface area contributed by atoms with Crippen LogP contribution in [0.2, 0.25) is 0 Å². The number of alkyl halides is 3. The molecule has 0 fully saturated rings. The smallest absolute Gasteiger partial charge is 0.299 e. The average molecular weight is 485 g/mol. The van der Waals surface area contributed by atoms with Crippen LogP contribution in [0.3, 0.4) is 0 Å². The highest BCUT2D eigenvalue weighted by molar-refractivity contribution is 7.92. The molecule has 0 saturated heterocycles. The molecular weight excluding hydrogens is 465 g/mol. The summed E-state index contributed by atoms with van der Waals surface area (Å²) in [5, 5.41) is 11.1. The van der Waals surface area contributed by atoms with Gasteiger partial charge in [-0.2, -0.15) is 13.2 Å². The highest BCUT2D eigenvalue weighted by Crippen LogP contribution is 2.33. The highest BCUT2D eigenvalue weighted by Gasteiger charge is 2.34. The Balaban J connectivity index is 1.84. The molecule has 3 rings (SSSR count). The molecule has 32 heavy (non-hydrogen) atoms. The van der Waals surface area contributed by atoms with Crippen LogP contribution in [0.4, 0.5) is 24.0 Å². The van der Waals surface area contributed by atoms with Crippen molar-refractivity contribution in [1.82, 2.24) is 10.2 Å². The number of aryl methyl sites for hydroxylation is 1. The lowest BCUT2D eigenvalue weighted by atomic mass is 10.2. The van der Waals surface area contributed by atoms with E-state index in [9.17, 15) is 26.4 Å². The fraction of sp³-hybridized carbons (Fsp3) is 0.250. The molecule has 170 valence electrons. The van der Waals surface area contributed by atoms with Crippen LogP contribution in [0.1, 0.15) is 18.1 Å². The number of nitrogens with zero attached hydrogens (tertiary/aromatic N) is 3. The first-order valence-electron chi connectivity index (χ1n) is 9.24. The Morgan fingerprint density at radius 1 is 1.12 bits per heavy atom. The van der Waals surface area contributed by atoms with E-state index in [2.05, 4.69) is 15.5 Å². The topological polar surface area (TPSA) is 92.3 Å². The SMILES string of the molecule is Cc1ccc(-c2nnc(NC(=O)[C@@H](C)N(c3cccc(C(F)(F)F)c3)S(C)(=O)=O)s2)cc1. The lowest BCUT2D eigenvalue weighted by Gasteiger charge is -2.28. The minimum atomic E-state index is -4.66. The first-order valence-corrected chi connectivity index (χ1v) is 11.9. The minimum Gasteiger partial charge on any atom is -0.299 e. The highest BCUT2D eigenvalue weighted by atomic mass is 32.2. The zero-order valence-corrected chi connectivity index (χ0v) is 18.8. The van der Waals surface area contributed by atoms with E-state index in [-0.39, 0.29) is 10.8 Å². The molecule has 3 aromatic rings. The quantitative estimate of drug-likeness (QED) is 0.563. The van der Waals surface area contributed by atoms with Gasteiger partial charge in [-0.25, -0.2) is 8.42 Å². The molecule has 0 bridgehead atoms. The van der Waals surface area contributed by atoms with Crippen molar-refractivity contribution in [3.63, 3.8) is 0 Å². The van der Waals surface area contributed by atoms with Crippen LogP contribution in [-0.4, -0.2) is 36.8 Å². The van der Waals surface area contributed by atoms with E-state index in [1.54, 1.807) is 0 Å². The second kappa shape index (κ2) is 8.87. The maximum absolute atomic E-state index is 13.1. The maximum Gasteiger partial charge on any atom is 0.416 e. The zero-order valence-electron chi connectivity index (χ0n) is 17.2. The van der Waals surface area contributed by atoms with Gasteiger partial charge in [-0.05, 0) is 32.0 Å². The third-order valence-corrected chi connectivity index (χ3v) is 6.60. The molecule has 12 heteroatoms. The predicted octanol–water partition coefficient (Wildman–Crippen LogP) is 4.33. The summed E-state index contributed by atoms with van der Waals surface area (Å²) in [6.45, 7) is 3.22. The first kappa shape index (κ1) is 23.7. The van der Waals surface area contributed by atoms with E-state index in [4.69, 9.17) is 0 Å². The van der Waals surface area contributed by atoms with Crippen LogP contribution >= 0.6 is 11.3 Å². The molecule has 1 aromatic heterocycles. The van der Waals surface area contributed by atoms with Crippen molar-refractivity contribution in [2.75, 3.05) is 15.9 Å². The van der Waals surface area contributed by atoms with E-state index in [0.29, 0.717) is 15.4 Å². The average Bonchev–Trinajstić information content (AvgIpc) is 3.15. The summed E-state index contributed by atoms with van der Waals surface area (Å²) in [7, 11) is -4.09. The van der Waals surface area contributed by atoms with Crippen LogP contribution in [0.15, 0.2) is 48.5 Å². The largest absolute Gasteiger partial charge is 0.416 e. The van der Waals surface area contributed by atoms with E-state index in [1.165, 1.54) is 13.0 Å². The second-order valence-corrected chi connectivity index (χ2v) is 9.89. The summed E-state index contributed by atoms with van der Waals surface area (Å²) in [5.74, 6) is -0.764. The van der Waals surface area contributed by atoms with E-state index in [1.807, 2.05) is 31.2 Å². The molecular formula is C20H19F3N4O3S2. The van der Waals surface area contributed by atoms with Gasteiger partial charge in [-0.3, -0.25) is 14.4 Å². The number of sulfonamides is 1. The van der Waals surface area contributed by atoms with Crippen molar-refractivity contribution < 1.29 is 26.4 Å². The summed E-state index contributed by atoms with van der Waals surface area (Å²) >= 11 is 1.09. The molecule has 2 aromatic carbocycles. The number of benzene rings is 2. The summed E-state index contributed by atoms with van der Waals surface area (Å²) in [4.78, 5) is 12.7. The van der Waals surface area contributed by atoms with Crippen LogP contribution in [0, 0.1) is 6.92 Å². The lowest BCUT2D eigenvalue weighted by molar-refractivity contribution is -0.137. The van der Waals surface area contributed by atoms with Crippen LogP contribution in [0.5, 0.6) is 0 Å². The fourth-order valence-corrected chi connectivity index (χ4v) is 4.84. The number of anilines is 2. The summed E-state index contributed by atoms with van der Waals surface area (Å²) in [5.41, 5.74) is 0.560. The molecule has 1 N–H and O–H groups in total. The van der Waals surface area contributed by atoms with Crippen molar-refractivity contribution in [3.05, 3.63) is 59.7 Å². The van der Waals surface area contributed by atoms with Gasteiger partial charge in [-0.1, -0.05) is 47.2 Å². The Bertz CT molecular complexity index is 1230. The van der Waals surface area contributed by atoms with Gasteiger partial charge in [0.25, 0.3) is 0 Å². The fourth-order valence-electron chi connectivity index (χ4n) is 2.92. The third kappa shape index (κ3) is 5.43. The molecule has 1 amide bonds. The van der Waals surface area contributed by atoms with Gasteiger partial charge < -0.3 is 0 Å². The zero-order chi connectivity index (χ0) is 23.7. The number of carbonyl (C=O) groups excluding carboxylic acids is 1. The van der Waals surface area contributed by atoms with Crippen molar-refractivity contribution in [1.29, 1.82) is 0 Å². The first-order chi connectivity index (χ1) is 14.9. The number of nitrogens with one attached hydrogen (secondary N) is 1.